The molecule has 1 aliphatic heterocycles. The van der Waals surface area contributed by atoms with Gasteiger partial charge in [-0.25, -0.2) is 4.79 Å². The quantitative estimate of drug-likeness (QED) is 0.143. The van der Waals surface area contributed by atoms with Crippen LogP contribution in [0.2, 0.25) is 5.02 Å². The summed E-state index contributed by atoms with van der Waals surface area (Å²) in [5.41, 5.74) is 12.1. The molecule has 0 spiro atoms. The van der Waals surface area contributed by atoms with E-state index in [1.54, 1.807) is 43.5 Å². The van der Waals surface area contributed by atoms with E-state index < -0.39 is 11.9 Å². The van der Waals surface area contributed by atoms with Crippen LogP contribution in [0, 0.1) is 32.1 Å². The van der Waals surface area contributed by atoms with Gasteiger partial charge in [0.05, 0.1) is 13.0 Å². The first-order valence-electron chi connectivity index (χ1n) is 14.2. The van der Waals surface area contributed by atoms with E-state index in [1.165, 1.54) is 0 Å². The third-order valence-corrected chi connectivity index (χ3v) is 8.44. The molecule has 45 heavy (non-hydrogen) atoms. The van der Waals surface area contributed by atoms with Crippen molar-refractivity contribution in [1.82, 2.24) is 0 Å². The molecule has 0 saturated heterocycles. The normalized spacial score (nSPS) is 14.0. The number of benzene rings is 4. The molecule has 2 N–H and O–H groups in total. The number of nitrogens with zero attached hydrogens (tertiary/aromatic N) is 1. The number of hydrogen-bond acceptors (Lipinski definition) is 8. The van der Waals surface area contributed by atoms with Crippen LogP contribution in [0.5, 0.6) is 23.0 Å². The van der Waals surface area contributed by atoms with Gasteiger partial charge in [0.2, 0.25) is 11.6 Å². The molecule has 1 aliphatic rings. The number of hydrogen-bond donors (Lipinski definition) is 1. The average Bonchev–Trinajstić information content (AvgIpc) is 3.38. The van der Waals surface area contributed by atoms with Crippen LogP contribution in [0.4, 0.5) is 0 Å². The third-order valence-electron chi connectivity index (χ3n) is 8.07. The number of furan rings is 1. The minimum atomic E-state index is -0.633. The van der Waals surface area contributed by atoms with Crippen LogP contribution in [0.25, 0.3) is 11.0 Å². The highest BCUT2D eigenvalue weighted by molar-refractivity contribution is 6.31. The van der Waals surface area contributed by atoms with Crippen molar-refractivity contribution in [1.29, 1.82) is 5.26 Å². The Hall–Kier alpha value is -5.39. The van der Waals surface area contributed by atoms with Gasteiger partial charge in [-0.1, -0.05) is 54.1 Å². The molecule has 5 aromatic rings. The Kier molecular flexibility index (Phi) is 7.88. The molecular formula is C36H29ClN2O6. The molecule has 2 heterocycles. The Morgan fingerprint density at radius 2 is 1.80 bits per heavy atom. The largest absolute Gasteiger partial charge is 0.493 e. The fourth-order valence-corrected chi connectivity index (χ4v) is 5.65. The van der Waals surface area contributed by atoms with E-state index in [4.69, 9.17) is 40.7 Å². The van der Waals surface area contributed by atoms with Gasteiger partial charge in [0.1, 0.15) is 35.3 Å². The van der Waals surface area contributed by atoms with Crippen molar-refractivity contribution >= 4 is 28.5 Å². The fourth-order valence-electron chi connectivity index (χ4n) is 5.46. The number of nitriles is 1. The molecule has 8 nitrogen and oxygen atoms in total. The summed E-state index contributed by atoms with van der Waals surface area (Å²) in [6, 6.07) is 24.0. The number of carbonyl (C=O) groups excluding carboxylic acids is 1. The monoisotopic (exact) mass is 620 g/mol. The van der Waals surface area contributed by atoms with Gasteiger partial charge in [0, 0.05) is 33.2 Å². The van der Waals surface area contributed by atoms with Crippen molar-refractivity contribution in [3.8, 4) is 29.1 Å². The Balaban J connectivity index is 1.29. The maximum absolute atomic E-state index is 13.2. The number of ether oxygens (including phenoxy) is 4. The SMILES string of the molecule is COc1cc(C2C(C#N)=C(N)Oc3cc(OC(=O)c4oc5c(C)c(C)ccc5c4C)ccc32)ccc1OCc1ccccc1Cl. The highest BCUT2D eigenvalue weighted by atomic mass is 35.5. The summed E-state index contributed by atoms with van der Waals surface area (Å²) in [5, 5.41) is 11.5. The second-order valence-corrected chi connectivity index (χ2v) is 11.2. The molecule has 1 unspecified atom stereocenters. The summed E-state index contributed by atoms with van der Waals surface area (Å²) in [4.78, 5) is 13.2. The molecule has 0 saturated carbocycles. The molecule has 226 valence electrons. The van der Waals surface area contributed by atoms with Gasteiger partial charge in [-0.3, -0.25) is 0 Å². The smallest absolute Gasteiger partial charge is 0.379 e. The summed E-state index contributed by atoms with van der Waals surface area (Å²) in [7, 11) is 1.54. The highest BCUT2D eigenvalue weighted by Crippen LogP contribution is 2.45. The van der Waals surface area contributed by atoms with Gasteiger partial charge < -0.3 is 29.1 Å². The topological polar surface area (TPSA) is 117 Å². The van der Waals surface area contributed by atoms with Crippen LogP contribution in [-0.2, 0) is 6.61 Å². The minimum absolute atomic E-state index is 0.0459. The number of esters is 1. The molecule has 0 aliphatic carbocycles. The first-order valence-corrected chi connectivity index (χ1v) is 14.5. The van der Waals surface area contributed by atoms with Crippen LogP contribution in [0.15, 0.2) is 88.7 Å². The van der Waals surface area contributed by atoms with Gasteiger partial charge in [-0.15, -0.1) is 0 Å². The molecule has 0 amide bonds. The van der Waals surface area contributed by atoms with E-state index in [0.29, 0.717) is 39.0 Å². The highest BCUT2D eigenvalue weighted by Gasteiger charge is 2.32. The van der Waals surface area contributed by atoms with Gasteiger partial charge >= 0.3 is 5.97 Å². The van der Waals surface area contributed by atoms with E-state index in [1.807, 2.05) is 57.2 Å². The summed E-state index contributed by atoms with van der Waals surface area (Å²) in [5.74, 6) is 0.455. The molecule has 0 bridgehead atoms. The fraction of sp³-hybridized carbons (Fsp3) is 0.167. The van der Waals surface area contributed by atoms with Crippen molar-refractivity contribution in [3.63, 3.8) is 0 Å². The van der Waals surface area contributed by atoms with E-state index in [-0.39, 0.29) is 29.6 Å². The number of halogens is 1. The van der Waals surface area contributed by atoms with Crippen molar-refractivity contribution in [2.75, 3.05) is 7.11 Å². The van der Waals surface area contributed by atoms with Crippen LogP contribution in [0.1, 0.15) is 49.9 Å². The second-order valence-electron chi connectivity index (χ2n) is 10.7. The summed E-state index contributed by atoms with van der Waals surface area (Å²) in [6.07, 6.45) is 0. The van der Waals surface area contributed by atoms with Crippen LogP contribution in [-0.4, -0.2) is 13.1 Å². The van der Waals surface area contributed by atoms with Crippen molar-refractivity contribution in [2.24, 2.45) is 5.73 Å². The second kappa shape index (κ2) is 11.9. The summed E-state index contributed by atoms with van der Waals surface area (Å²) >= 11 is 6.29. The van der Waals surface area contributed by atoms with E-state index in [0.717, 1.165) is 27.6 Å². The lowest BCUT2D eigenvalue weighted by molar-refractivity contribution is 0.0702. The number of nitrogens with two attached hydrogens (primary N) is 1. The maximum Gasteiger partial charge on any atom is 0.379 e. The first kappa shape index (κ1) is 29.7. The van der Waals surface area contributed by atoms with Crippen LogP contribution >= 0.6 is 11.6 Å². The van der Waals surface area contributed by atoms with Gasteiger partial charge in [0.25, 0.3) is 0 Å². The Labute approximate surface area is 265 Å². The zero-order valence-corrected chi connectivity index (χ0v) is 25.8. The number of carbonyl (C=O) groups is 1. The Morgan fingerprint density at radius 1 is 1.00 bits per heavy atom. The summed E-state index contributed by atoms with van der Waals surface area (Å²) < 4.78 is 29.2. The Morgan fingerprint density at radius 3 is 2.56 bits per heavy atom. The molecular weight excluding hydrogens is 592 g/mol. The molecule has 4 aromatic carbocycles. The third kappa shape index (κ3) is 5.43. The first-order chi connectivity index (χ1) is 21.7. The number of allylic oxidation sites excluding steroid dienone is 1. The lowest BCUT2D eigenvalue weighted by Gasteiger charge is -2.27. The lowest BCUT2D eigenvalue weighted by atomic mass is 9.83. The predicted octanol–water partition coefficient (Wildman–Crippen LogP) is 8.04. The zero-order valence-electron chi connectivity index (χ0n) is 25.1. The molecule has 1 aromatic heterocycles. The molecule has 0 fully saturated rings. The Bertz CT molecular complexity index is 2060. The van der Waals surface area contributed by atoms with E-state index >= 15 is 0 Å². The van der Waals surface area contributed by atoms with Gasteiger partial charge in [-0.2, -0.15) is 5.26 Å². The molecule has 9 heteroatoms. The van der Waals surface area contributed by atoms with Gasteiger partial charge in [0.15, 0.2) is 11.5 Å². The standard InChI is InChI=1S/C36H29ClN2O6/c1-19-9-12-25-21(3)34(45-33(25)20(19)2)36(40)43-24-11-13-26-30(16-24)44-35(39)27(17-38)32(26)22-10-14-29(31(15-22)41-4)42-18-23-7-5-6-8-28(23)37/h5-16,32H,18,39H2,1-4H3. The van der Waals surface area contributed by atoms with Crippen molar-refractivity contribution < 1.29 is 28.2 Å². The maximum atomic E-state index is 13.2. The minimum Gasteiger partial charge on any atom is -0.493 e. The number of fused-ring (bicyclic) bond motifs is 2. The van der Waals surface area contributed by atoms with Crippen LogP contribution < -0.4 is 24.7 Å². The number of aryl methyl sites for hydroxylation is 3. The number of methoxy groups -OCH3 is 1. The average molecular weight is 621 g/mol. The summed E-state index contributed by atoms with van der Waals surface area (Å²) in [6.45, 7) is 6.02. The van der Waals surface area contributed by atoms with Crippen LogP contribution in [0.3, 0.4) is 0 Å². The predicted molar refractivity (Wildman–Crippen MR) is 170 cm³/mol. The van der Waals surface area contributed by atoms with Gasteiger partial charge in [-0.05, 0) is 61.7 Å². The number of rotatable bonds is 7. The van der Waals surface area contributed by atoms with E-state index in [9.17, 15) is 10.1 Å². The lowest BCUT2D eigenvalue weighted by Crippen LogP contribution is -2.21. The molecule has 1 atom stereocenters. The molecule has 6 rings (SSSR count). The molecule has 0 radical (unpaired) electrons. The zero-order chi connectivity index (χ0) is 31.8. The van der Waals surface area contributed by atoms with Crippen molar-refractivity contribution in [2.45, 2.75) is 33.3 Å². The van der Waals surface area contributed by atoms with Crippen molar-refractivity contribution in [3.05, 3.63) is 128 Å². The van der Waals surface area contributed by atoms with E-state index in [2.05, 4.69) is 6.07 Å².